The molecule has 0 aliphatic rings. The second-order valence-corrected chi connectivity index (χ2v) is 6.59. The highest BCUT2D eigenvalue weighted by atomic mass is 19.3. The summed E-state index contributed by atoms with van der Waals surface area (Å²) in [5, 5.41) is 22.1. The average Bonchev–Trinajstić information content (AvgIpc) is 3.10. The number of hydrogen-bond acceptors (Lipinski definition) is 5. The Morgan fingerprint density at radius 3 is 2.62 bits per heavy atom. The van der Waals surface area contributed by atoms with Gasteiger partial charge in [-0.15, -0.1) is 10.2 Å². The Labute approximate surface area is 165 Å². The number of nitriles is 1. The summed E-state index contributed by atoms with van der Waals surface area (Å²) in [4.78, 5) is 0. The molecule has 0 aliphatic carbocycles. The van der Waals surface area contributed by atoms with Crippen molar-refractivity contribution in [1.82, 2.24) is 19.8 Å². The van der Waals surface area contributed by atoms with Crippen molar-refractivity contribution in [2.75, 3.05) is 0 Å². The molecule has 0 unspecified atom stereocenters. The zero-order chi connectivity index (χ0) is 20.6. The van der Waals surface area contributed by atoms with Crippen molar-refractivity contribution in [3.63, 3.8) is 0 Å². The summed E-state index contributed by atoms with van der Waals surface area (Å²) in [5.41, 5.74) is 3.90. The van der Waals surface area contributed by atoms with Crippen molar-refractivity contribution in [2.45, 2.75) is 20.0 Å². The van der Waals surface area contributed by atoms with Crippen molar-refractivity contribution in [1.29, 1.82) is 5.26 Å². The molecule has 4 rings (SSSR count). The van der Waals surface area contributed by atoms with E-state index in [1.165, 1.54) is 6.07 Å². The highest BCUT2D eigenvalue weighted by Gasteiger charge is 2.23. The smallest absolute Gasteiger partial charge is 0.394 e. The molecule has 2 aromatic carbocycles. The van der Waals surface area contributed by atoms with Crippen LogP contribution in [-0.2, 0) is 0 Å². The maximum Gasteiger partial charge on any atom is 0.394 e. The van der Waals surface area contributed by atoms with E-state index < -0.39 is 6.11 Å². The van der Waals surface area contributed by atoms with Gasteiger partial charge in [0, 0.05) is 18.1 Å². The Morgan fingerprint density at radius 1 is 1.07 bits per heavy atom. The number of fused-ring (bicyclic) bond motifs is 1. The molecule has 2 aromatic heterocycles. The Bertz CT molecular complexity index is 1250. The highest BCUT2D eigenvalue weighted by Crippen LogP contribution is 2.29. The van der Waals surface area contributed by atoms with Crippen LogP contribution < -0.4 is 4.74 Å². The number of rotatable bonds is 4. The van der Waals surface area contributed by atoms with E-state index in [1.54, 1.807) is 53.9 Å². The van der Waals surface area contributed by atoms with E-state index in [2.05, 4.69) is 26.1 Å². The fourth-order valence-electron chi connectivity index (χ4n) is 3.03. The second kappa shape index (κ2) is 6.95. The number of benzene rings is 2. The summed E-state index contributed by atoms with van der Waals surface area (Å²) in [7, 11) is 0. The van der Waals surface area contributed by atoms with Gasteiger partial charge >= 0.3 is 6.11 Å². The van der Waals surface area contributed by atoms with Gasteiger partial charge in [-0.05, 0) is 55.0 Å². The van der Waals surface area contributed by atoms with Gasteiger partial charge < -0.3 is 4.74 Å². The van der Waals surface area contributed by atoms with Gasteiger partial charge in [-0.1, -0.05) is 12.1 Å². The predicted octanol–water partition coefficient (Wildman–Crippen LogP) is 4.63. The van der Waals surface area contributed by atoms with Gasteiger partial charge in [-0.25, -0.2) is 0 Å². The molecule has 0 fully saturated rings. The van der Waals surface area contributed by atoms with Crippen molar-refractivity contribution in [3.05, 3.63) is 65.7 Å². The molecule has 2 heterocycles. The maximum absolute atomic E-state index is 13.1. The average molecular weight is 391 g/mol. The lowest BCUT2D eigenvalue weighted by Crippen LogP contribution is -2.19. The fraction of sp³-hybridized carbons (Fsp3) is 0.143. The van der Waals surface area contributed by atoms with Crippen molar-refractivity contribution in [2.24, 2.45) is 0 Å². The van der Waals surface area contributed by atoms with E-state index in [0.717, 1.165) is 11.1 Å². The van der Waals surface area contributed by atoms with Crippen LogP contribution in [0, 0.1) is 18.3 Å². The van der Waals surface area contributed by atoms with Gasteiger partial charge in [0.2, 0.25) is 0 Å². The zero-order valence-electron chi connectivity index (χ0n) is 15.6. The highest BCUT2D eigenvalue weighted by molar-refractivity contribution is 5.67. The topological polar surface area (TPSA) is 76.1 Å². The van der Waals surface area contributed by atoms with E-state index in [0.29, 0.717) is 35.2 Å². The van der Waals surface area contributed by atoms with E-state index in [4.69, 9.17) is 5.26 Å². The fourth-order valence-corrected chi connectivity index (χ4v) is 3.03. The van der Waals surface area contributed by atoms with Gasteiger partial charge in [0.1, 0.15) is 5.75 Å². The summed E-state index contributed by atoms with van der Waals surface area (Å²) >= 11 is 0. The predicted molar refractivity (Wildman–Crippen MR) is 102 cm³/mol. The summed E-state index contributed by atoms with van der Waals surface area (Å²) < 4.78 is 32.4. The number of halogens is 2. The molecule has 0 radical (unpaired) electrons. The molecule has 0 saturated carbocycles. The molecular weight excluding hydrogens is 376 g/mol. The van der Waals surface area contributed by atoms with Crippen LogP contribution in [0.2, 0.25) is 0 Å². The number of ether oxygens (including phenoxy) is 1. The van der Waals surface area contributed by atoms with E-state index in [1.807, 2.05) is 6.07 Å². The van der Waals surface area contributed by atoms with Gasteiger partial charge in [0.05, 0.1) is 17.3 Å². The molecule has 0 amide bonds. The van der Waals surface area contributed by atoms with Crippen molar-refractivity contribution >= 4 is 5.65 Å². The summed E-state index contributed by atoms with van der Waals surface area (Å²) in [6.07, 6.45) is -3.25. The molecule has 29 heavy (non-hydrogen) atoms. The third-order valence-corrected chi connectivity index (χ3v) is 4.28. The van der Waals surface area contributed by atoms with Crippen LogP contribution in [0.5, 0.6) is 5.75 Å². The molecule has 4 aromatic rings. The molecule has 6 nitrogen and oxygen atoms in total. The summed E-state index contributed by atoms with van der Waals surface area (Å²) in [5.74, 6) is 0.584. The number of alkyl halides is 2. The van der Waals surface area contributed by atoms with Crippen LogP contribution in [0.3, 0.4) is 0 Å². The lowest BCUT2D eigenvalue weighted by Gasteiger charge is -2.14. The van der Waals surface area contributed by atoms with Gasteiger partial charge in [-0.2, -0.15) is 23.7 Å². The molecule has 0 aliphatic heterocycles. The van der Waals surface area contributed by atoms with E-state index in [-0.39, 0.29) is 5.75 Å². The first-order valence-corrected chi connectivity index (χ1v) is 8.75. The molecule has 0 spiro atoms. The molecule has 0 atom stereocenters. The van der Waals surface area contributed by atoms with Crippen LogP contribution in [-0.4, -0.2) is 25.9 Å². The minimum Gasteiger partial charge on any atom is -0.433 e. The number of aromatic nitrogens is 4. The lowest BCUT2D eigenvalue weighted by molar-refractivity contribution is -0.158. The van der Waals surface area contributed by atoms with Crippen LogP contribution in [0.1, 0.15) is 18.1 Å². The SMILES string of the molecule is Cc1cc(OC(C)(F)F)ccc1-c1ccc2nnc(-c3cccc(C#N)c3)n2n1. The van der Waals surface area contributed by atoms with Gasteiger partial charge in [0.25, 0.3) is 0 Å². The summed E-state index contributed by atoms with van der Waals surface area (Å²) in [6.45, 7) is 2.49. The zero-order valence-corrected chi connectivity index (χ0v) is 15.6. The Morgan fingerprint density at radius 2 is 1.90 bits per heavy atom. The van der Waals surface area contributed by atoms with Gasteiger partial charge in [-0.3, -0.25) is 0 Å². The van der Waals surface area contributed by atoms with Crippen LogP contribution in [0.15, 0.2) is 54.6 Å². The first-order valence-electron chi connectivity index (χ1n) is 8.75. The molecule has 144 valence electrons. The van der Waals surface area contributed by atoms with E-state index in [9.17, 15) is 8.78 Å². The van der Waals surface area contributed by atoms with Crippen molar-refractivity contribution in [3.8, 4) is 34.5 Å². The minimum absolute atomic E-state index is 0.0816. The second-order valence-electron chi connectivity index (χ2n) is 6.59. The number of aryl methyl sites for hydroxylation is 1. The third-order valence-electron chi connectivity index (χ3n) is 4.28. The monoisotopic (exact) mass is 391 g/mol. The van der Waals surface area contributed by atoms with Crippen molar-refractivity contribution < 1.29 is 13.5 Å². The van der Waals surface area contributed by atoms with Crippen LogP contribution in [0.4, 0.5) is 8.78 Å². The minimum atomic E-state index is -3.25. The Balaban J connectivity index is 1.77. The standard InChI is InChI=1S/C21H15F2N5O/c1-13-10-16(29-21(2,22)23)6-7-17(13)18-8-9-19-25-26-20(28(19)27-18)15-5-3-4-14(11-15)12-24/h3-11H,1-2H3. The van der Waals surface area contributed by atoms with E-state index >= 15 is 0 Å². The quantitative estimate of drug-likeness (QED) is 0.507. The normalized spacial score (nSPS) is 11.4. The molecule has 0 N–H and O–H groups in total. The van der Waals surface area contributed by atoms with Gasteiger partial charge in [0.15, 0.2) is 11.5 Å². The molecule has 0 bridgehead atoms. The molecular formula is C21H15F2N5O. The Hall–Kier alpha value is -3.86. The number of hydrogen-bond donors (Lipinski definition) is 0. The lowest BCUT2D eigenvalue weighted by atomic mass is 10.1. The third kappa shape index (κ3) is 3.75. The Kier molecular flexibility index (Phi) is 4.43. The first kappa shape index (κ1) is 18.5. The summed E-state index contributed by atoms with van der Waals surface area (Å²) in [6, 6.07) is 17.4. The molecule has 8 heteroatoms. The van der Waals surface area contributed by atoms with Crippen LogP contribution in [0.25, 0.3) is 28.3 Å². The maximum atomic E-state index is 13.1. The first-order chi connectivity index (χ1) is 13.8. The number of nitrogens with zero attached hydrogens (tertiary/aromatic N) is 5. The molecule has 0 saturated heterocycles. The van der Waals surface area contributed by atoms with Crippen LogP contribution >= 0.6 is 0 Å². The largest absolute Gasteiger partial charge is 0.433 e.